The summed E-state index contributed by atoms with van der Waals surface area (Å²) in [5.74, 6) is 0.686. The van der Waals surface area contributed by atoms with Crippen molar-refractivity contribution in [2.45, 2.75) is 54.7 Å². The van der Waals surface area contributed by atoms with Gasteiger partial charge >= 0.3 is 6.09 Å². The number of nitrogens with zero attached hydrogens (tertiary/aromatic N) is 2. The van der Waals surface area contributed by atoms with E-state index in [-0.39, 0.29) is 17.0 Å². The molecule has 1 spiro atoms. The van der Waals surface area contributed by atoms with Gasteiger partial charge in [0.2, 0.25) is 0 Å². The van der Waals surface area contributed by atoms with Gasteiger partial charge in [-0.25, -0.2) is 4.79 Å². The van der Waals surface area contributed by atoms with Crippen LogP contribution in [0.3, 0.4) is 0 Å². The number of azo groups is 1. The molecule has 2 aliphatic heterocycles. The lowest BCUT2D eigenvalue weighted by Gasteiger charge is -2.42. The maximum atomic E-state index is 12.7. The van der Waals surface area contributed by atoms with E-state index in [1.807, 2.05) is 24.3 Å². The van der Waals surface area contributed by atoms with Gasteiger partial charge in [-0.1, -0.05) is 24.3 Å². The molecular formula is C19H23N3O4S. The average molecular weight is 389 g/mol. The fourth-order valence-corrected chi connectivity index (χ4v) is 6.24. The maximum Gasteiger partial charge on any atom is 0.407 e. The van der Waals surface area contributed by atoms with Crippen LogP contribution >= 0.6 is 11.8 Å². The highest BCUT2D eigenvalue weighted by molar-refractivity contribution is 8.00. The summed E-state index contributed by atoms with van der Waals surface area (Å²) in [7, 11) is 1.33. The molecule has 144 valence electrons. The molecule has 27 heavy (non-hydrogen) atoms. The van der Waals surface area contributed by atoms with Crippen LogP contribution in [-0.2, 0) is 16.1 Å². The first-order valence-electron chi connectivity index (χ1n) is 9.21. The van der Waals surface area contributed by atoms with Gasteiger partial charge in [0, 0.05) is 29.9 Å². The first-order valence-corrected chi connectivity index (χ1v) is 10.3. The molecule has 1 saturated carbocycles. The Morgan fingerprint density at radius 2 is 2.26 bits per heavy atom. The molecule has 1 aliphatic carbocycles. The van der Waals surface area contributed by atoms with Crippen LogP contribution < -0.4 is 5.32 Å². The van der Waals surface area contributed by atoms with Gasteiger partial charge in [0.1, 0.15) is 5.54 Å². The largest absolute Gasteiger partial charge is 0.453 e. The monoisotopic (exact) mass is 389 g/mol. The molecule has 1 unspecified atom stereocenters. The van der Waals surface area contributed by atoms with Crippen LogP contribution in [0.5, 0.6) is 0 Å². The average Bonchev–Trinajstić information content (AvgIpc) is 3.07. The van der Waals surface area contributed by atoms with Crippen molar-refractivity contribution >= 4 is 23.6 Å². The minimum atomic E-state index is -0.584. The number of ether oxygens (including phenoxy) is 1. The van der Waals surface area contributed by atoms with Crippen molar-refractivity contribution in [3.05, 3.63) is 35.4 Å². The van der Waals surface area contributed by atoms with E-state index in [4.69, 9.17) is 0 Å². The van der Waals surface area contributed by atoms with E-state index in [1.54, 1.807) is 11.8 Å². The van der Waals surface area contributed by atoms with E-state index in [0.29, 0.717) is 31.6 Å². The number of amides is 1. The fourth-order valence-electron chi connectivity index (χ4n) is 4.45. The summed E-state index contributed by atoms with van der Waals surface area (Å²) in [5, 5.41) is 22.2. The lowest BCUT2D eigenvalue weighted by atomic mass is 9.70. The summed E-state index contributed by atoms with van der Waals surface area (Å²) in [6.45, 7) is 0.318. The van der Waals surface area contributed by atoms with Gasteiger partial charge in [-0.15, -0.1) is 0 Å². The number of rotatable bonds is 3. The van der Waals surface area contributed by atoms with E-state index in [9.17, 15) is 14.7 Å². The summed E-state index contributed by atoms with van der Waals surface area (Å²) in [4.78, 5) is 24.2. The van der Waals surface area contributed by atoms with Crippen LogP contribution in [0.1, 0.15) is 36.3 Å². The zero-order valence-electron chi connectivity index (χ0n) is 15.1. The number of carbonyl (C=O) groups is 2. The molecule has 4 rings (SSSR count). The number of ketones is 1. The number of aliphatic hydroxyl groups is 1. The molecule has 1 aromatic carbocycles. The lowest BCUT2D eigenvalue weighted by Crippen LogP contribution is -2.55. The normalized spacial score (nSPS) is 34.7. The van der Waals surface area contributed by atoms with Crippen LogP contribution in [0.2, 0.25) is 0 Å². The Morgan fingerprint density at radius 1 is 1.44 bits per heavy atom. The molecule has 2 heterocycles. The third-order valence-corrected chi connectivity index (χ3v) is 7.41. The predicted octanol–water partition coefficient (Wildman–Crippen LogP) is 2.43. The Bertz CT molecular complexity index is 786. The highest BCUT2D eigenvalue weighted by atomic mass is 32.2. The summed E-state index contributed by atoms with van der Waals surface area (Å²) in [5.41, 5.74) is 1.37. The van der Waals surface area contributed by atoms with Crippen LogP contribution in [0.15, 0.2) is 34.5 Å². The molecule has 2 bridgehead atoms. The number of fused-ring (bicyclic) bond motifs is 1. The third kappa shape index (κ3) is 3.04. The maximum absolute atomic E-state index is 12.7. The minimum Gasteiger partial charge on any atom is -0.453 e. The fraction of sp³-hybridized carbons (Fsp3) is 0.579. The molecule has 8 heteroatoms. The smallest absolute Gasteiger partial charge is 0.407 e. The molecule has 1 amide bonds. The molecule has 0 aromatic heterocycles. The standard InChI is InChI=1S/C19H23N3O4S/c1-26-18(25)20-9-11-5-2-3-6-12(11)15-16-13(23)7-4-8-14(24)17-19(15,10-27-16)22-21-17/h2-3,5-6,13,15-17,23H,4,7-10H2,1H3,(H,20,25)/t13-,15-,16+,17?,19-/m1/s1. The molecule has 2 fully saturated rings. The molecule has 2 N–H and O–H groups in total. The number of hydrogen-bond donors (Lipinski definition) is 2. The summed E-state index contributed by atoms with van der Waals surface area (Å²) in [6.07, 6.45) is 0.732. The van der Waals surface area contributed by atoms with Crippen molar-refractivity contribution in [3.63, 3.8) is 0 Å². The van der Waals surface area contributed by atoms with Gasteiger partial charge in [0.25, 0.3) is 0 Å². The quantitative estimate of drug-likeness (QED) is 0.827. The molecule has 3 aliphatic rings. The highest BCUT2D eigenvalue weighted by Crippen LogP contribution is 2.57. The number of nitrogens with one attached hydrogen (secondary N) is 1. The first-order chi connectivity index (χ1) is 13.1. The van der Waals surface area contributed by atoms with Crippen LogP contribution in [0.4, 0.5) is 4.79 Å². The van der Waals surface area contributed by atoms with Crippen molar-refractivity contribution in [2.75, 3.05) is 12.9 Å². The van der Waals surface area contributed by atoms with Gasteiger partial charge < -0.3 is 15.2 Å². The zero-order chi connectivity index (χ0) is 19.0. The van der Waals surface area contributed by atoms with Crippen LogP contribution in [-0.4, -0.2) is 52.8 Å². The van der Waals surface area contributed by atoms with Crippen molar-refractivity contribution in [2.24, 2.45) is 10.2 Å². The van der Waals surface area contributed by atoms with Crippen molar-refractivity contribution in [1.29, 1.82) is 0 Å². The number of hydrogen-bond acceptors (Lipinski definition) is 7. The molecule has 5 atom stereocenters. The minimum absolute atomic E-state index is 0.0445. The van der Waals surface area contributed by atoms with E-state index < -0.39 is 23.8 Å². The number of methoxy groups -OCH3 is 1. The molecule has 1 saturated heterocycles. The van der Waals surface area contributed by atoms with Gasteiger partial charge in [0.15, 0.2) is 11.8 Å². The third-order valence-electron chi connectivity index (χ3n) is 5.81. The van der Waals surface area contributed by atoms with Crippen molar-refractivity contribution in [3.8, 4) is 0 Å². The second-order valence-corrected chi connectivity index (χ2v) is 8.50. The molecular weight excluding hydrogens is 366 g/mol. The Labute approximate surface area is 162 Å². The summed E-state index contributed by atoms with van der Waals surface area (Å²) >= 11 is 1.69. The van der Waals surface area contributed by atoms with Crippen LogP contribution in [0, 0.1) is 0 Å². The first kappa shape index (κ1) is 18.4. The highest BCUT2D eigenvalue weighted by Gasteiger charge is 2.63. The number of carbonyl (C=O) groups excluding carboxylic acids is 2. The summed E-state index contributed by atoms with van der Waals surface area (Å²) in [6, 6.07) is 7.41. The Hall–Kier alpha value is -1.93. The molecule has 0 radical (unpaired) electrons. The number of thioether (sulfide) groups is 1. The SMILES string of the molecule is COC(=O)NCc1ccccc1[C@@H]1[C@H]2SC[C@@]13N=NC3C(=O)CCC[C@H]2O. The Kier molecular flexibility index (Phi) is 4.94. The topological polar surface area (TPSA) is 100 Å². The van der Waals surface area contributed by atoms with Crippen molar-refractivity contribution < 1.29 is 19.4 Å². The number of Topliss-reactive ketones (excluding diaryl/α,β-unsaturated/α-hetero) is 1. The zero-order valence-corrected chi connectivity index (χ0v) is 15.9. The number of benzene rings is 1. The van der Waals surface area contributed by atoms with Gasteiger partial charge in [-0.05, 0) is 24.0 Å². The van der Waals surface area contributed by atoms with Crippen LogP contribution in [0.25, 0.3) is 0 Å². The molecule has 1 aromatic rings. The van der Waals surface area contributed by atoms with E-state index in [1.165, 1.54) is 7.11 Å². The summed E-state index contributed by atoms with van der Waals surface area (Å²) < 4.78 is 4.67. The predicted molar refractivity (Wildman–Crippen MR) is 101 cm³/mol. The van der Waals surface area contributed by atoms with Gasteiger partial charge in [-0.2, -0.15) is 22.0 Å². The van der Waals surface area contributed by atoms with Gasteiger partial charge in [-0.3, -0.25) is 4.79 Å². The number of aliphatic hydroxyl groups excluding tert-OH is 1. The second kappa shape index (κ2) is 7.24. The number of alkyl carbamates (subject to hydrolysis) is 1. The van der Waals surface area contributed by atoms with Gasteiger partial charge in [0.05, 0.1) is 13.2 Å². The lowest BCUT2D eigenvalue weighted by molar-refractivity contribution is -0.123. The Balaban J connectivity index is 1.74. The Morgan fingerprint density at radius 3 is 3.00 bits per heavy atom. The molecule has 7 nitrogen and oxygen atoms in total. The van der Waals surface area contributed by atoms with E-state index in [2.05, 4.69) is 20.3 Å². The second-order valence-electron chi connectivity index (χ2n) is 7.33. The van der Waals surface area contributed by atoms with E-state index in [0.717, 1.165) is 11.1 Å². The van der Waals surface area contributed by atoms with E-state index >= 15 is 0 Å². The van der Waals surface area contributed by atoms with Crippen molar-refractivity contribution in [1.82, 2.24) is 5.32 Å².